The Balaban J connectivity index is 1.62. The molecule has 7 nitrogen and oxygen atoms in total. The Morgan fingerprint density at radius 2 is 2.04 bits per heavy atom. The summed E-state index contributed by atoms with van der Waals surface area (Å²) in [6.07, 6.45) is 5.43. The lowest BCUT2D eigenvalue weighted by atomic mass is 10.1. The molecular weight excluding hydrogens is 349 g/mol. The van der Waals surface area contributed by atoms with Gasteiger partial charge in [0.05, 0.1) is 18.8 Å². The average Bonchev–Trinajstić information content (AvgIpc) is 3.34. The smallest absolute Gasteiger partial charge is 0.280 e. The number of aromatic nitrogens is 5. The van der Waals surface area contributed by atoms with Crippen LogP contribution < -0.4 is 5.56 Å². The number of fused-ring (bicyclic) bond motifs is 3. The van der Waals surface area contributed by atoms with Crippen LogP contribution in [-0.2, 0) is 11.3 Å². The zero-order valence-corrected chi connectivity index (χ0v) is 14.4. The van der Waals surface area contributed by atoms with Crippen molar-refractivity contribution in [1.29, 1.82) is 0 Å². The highest BCUT2D eigenvalue weighted by Crippen LogP contribution is 2.24. The van der Waals surface area contributed by atoms with Crippen molar-refractivity contribution in [3.05, 3.63) is 58.9 Å². The molecular formula is C19H16FN5O2. The zero-order chi connectivity index (χ0) is 18.4. The maximum atomic E-state index is 13.2. The molecule has 0 aliphatic carbocycles. The van der Waals surface area contributed by atoms with Crippen LogP contribution >= 0.6 is 0 Å². The molecule has 1 fully saturated rings. The summed E-state index contributed by atoms with van der Waals surface area (Å²) in [5, 5.41) is 12.7. The van der Waals surface area contributed by atoms with E-state index in [1.54, 1.807) is 33.6 Å². The van der Waals surface area contributed by atoms with Crippen molar-refractivity contribution in [3.8, 4) is 11.1 Å². The number of benzene rings is 1. The molecule has 136 valence electrons. The fourth-order valence-corrected chi connectivity index (χ4v) is 3.51. The van der Waals surface area contributed by atoms with E-state index < -0.39 is 0 Å². The Hall–Kier alpha value is -3.13. The van der Waals surface area contributed by atoms with Gasteiger partial charge in [-0.05, 0) is 36.6 Å². The zero-order valence-electron chi connectivity index (χ0n) is 14.4. The summed E-state index contributed by atoms with van der Waals surface area (Å²) in [6.45, 7) is 1.25. The minimum absolute atomic E-state index is 0.0617. The summed E-state index contributed by atoms with van der Waals surface area (Å²) in [5.74, 6) is -0.307. The molecule has 1 saturated heterocycles. The first-order valence-electron chi connectivity index (χ1n) is 8.82. The second kappa shape index (κ2) is 6.24. The van der Waals surface area contributed by atoms with Gasteiger partial charge in [-0.1, -0.05) is 12.1 Å². The van der Waals surface area contributed by atoms with Crippen molar-refractivity contribution in [2.24, 2.45) is 0 Å². The molecule has 1 aromatic carbocycles. The topological polar surface area (TPSA) is 74.3 Å². The maximum Gasteiger partial charge on any atom is 0.280 e. The molecule has 27 heavy (non-hydrogen) atoms. The standard InChI is InChI=1S/C19H16FN5O2/c20-13-5-3-12(4-6-13)15-10-21-25-16-7-8-24(11-14-2-1-9-27-14)19(26)17(16)22-23-18(15)25/h3-8,10,14H,1-2,9,11H2. The van der Waals surface area contributed by atoms with Gasteiger partial charge in [0.1, 0.15) is 11.3 Å². The van der Waals surface area contributed by atoms with Crippen LogP contribution in [0.3, 0.4) is 0 Å². The fraction of sp³-hybridized carbons (Fsp3) is 0.263. The van der Waals surface area contributed by atoms with E-state index in [1.807, 2.05) is 6.07 Å². The highest BCUT2D eigenvalue weighted by atomic mass is 19.1. The Labute approximate surface area is 153 Å². The van der Waals surface area contributed by atoms with Crippen LogP contribution in [0, 0.1) is 5.82 Å². The van der Waals surface area contributed by atoms with Gasteiger partial charge in [-0.25, -0.2) is 8.91 Å². The number of pyridine rings is 1. The van der Waals surface area contributed by atoms with E-state index in [0.717, 1.165) is 30.6 Å². The van der Waals surface area contributed by atoms with Crippen LogP contribution in [0.1, 0.15) is 12.8 Å². The lowest BCUT2D eigenvalue weighted by Crippen LogP contribution is -2.27. The van der Waals surface area contributed by atoms with Crippen molar-refractivity contribution >= 4 is 16.7 Å². The predicted octanol–water partition coefficient (Wildman–Crippen LogP) is 2.42. The SMILES string of the molecule is O=c1c2nnc3c(-c4ccc(F)cc4)cnn3c2ccn1CC1CCCO1. The Kier molecular flexibility index (Phi) is 3.71. The van der Waals surface area contributed by atoms with E-state index in [2.05, 4.69) is 15.3 Å². The van der Waals surface area contributed by atoms with Crippen molar-refractivity contribution in [3.63, 3.8) is 0 Å². The molecule has 1 aliphatic heterocycles. The first-order valence-corrected chi connectivity index (χ1v) is 8.82. The van der Waals surface area contributed by atoms with Gasteiger partial charge in [-0.2, -0.15) is 5.10 Å². The highest BCUT2D eigenvalue weighted by molar-refractivity contribution is 5.82. The summed E-state index contributed by atoms with van der Waals surface area (Å²) in [7, 11) is 0. The summed E-state index contributed by atoms with van der Waals surface area (Å²) < 4.78 is 22.0. The number of halogens is 1. The van der Waals surface area contributed by atoms with E-state index in [0.29, 0.717) is 17.7 Å². The molecule has 0 radical (unpaired) electrons. The minimum atomic E-state index is -0.307. The van der Waals surface area contributed by atoms with Crippen molar-refractivity contribution in [2.45, 2.75) is 25.5 Å². The number of ether oxygens (including phenoxy) is 1. The van der Waals surface area contributed by atoms with Crippen LogP contribution in [-0.4, -0.2) is 37.1 Å². The summed E-state index contributed by atoms with van der Waals surface area (Å²) in [5.41, 5.74) is 2.67. The molecule has 8 heteroatoms. The Morgan fingerprint density at radius 3 is 2.81 bits per heavy atom. The van der Waals surface area contributed by atoms with Gasteiger partial charge < -0.3 is 9.30 Å². The van der Waals surface area contributed by atoms with Gasteiger partial charge in [0, 0.05) is 18.4 Å². The Bertz CT molecular complexity index is 1190. The molecule has 0 bridgehead atoms. The molecule has 3 aromatic heterocycles. The monoisotopic (exact) mass is 365 g/mol. The Morgan fingerprint density at radius 1 is 1.19 bits per heavy atom. The lowest BCUT2D eigenvalue weighted by Gasteiger charge is -2.12. The van der Waals surface area contributed by atoms with Crippen LogP contribution in [0.25, 0.3) is 27.8 Å². The number of nitrogens with zero attached hydrogens (tertiary/aromatic N) is 5. The molecule has 1 atom stereocenters. The molecule has 0 saturated carbocycles. The quantitative estimate of drug-likeness (QED) is 0.557. The van der Waals surface area contributed by atoms with E-state index in [-0.39, 0.29) is 23.0 Å². The third kappa shape index (κ3) is 2.69. The van der Waals surface area contributed by atoms with Crippen molar-refractivity contribution in [2.75, 3.05) is 6.61 Å². The van der Waals surface area contributed by atoms with E-state index in [4.69, 9.17) is 4.74 Å². The predicted molar refractivity (Wildman–Crippen MR) is 96.9 cm³/mol. The maximum absolute atomic E-state index is 13.2. The third-order valence-corrected chi connectivity index (χ3v) is 4.91. The molecule has 4 aromatic rings. The minimum Gasteiger partial charge on any atom is -0.376 e. The van der Waals surface area contributed by atoms with Gasteiger partial charge >= 0.3 is 0 Å². The lowest BCUT2D eigenvalue weighted by molar-refractivity contribution is 0.0963. The molecule has 4 heterocycles. The van der Waals surface area contributed by atoms with Crippen molar-refractivity contribution < 1.29 is 9.13 Å². The van der Waals surface area contributed by atoms with E-state index in [9.17, 15) is 9.18 Å². The van der Waals surface area contributed by atoms with Crippen molar-refractivity contribution in [1.82, 2.24) is 24.4 Å². The molecule has 0 N–H and O–H groups in total. The van der Waals surface area contributed by atoms with Gasteiger partial charge in [0.15, 0.2) is 11.2 Å². The van der Waals surface area contributed by atoms with Crippen LogP contribution in [0.5, 0.6) is 0 Å². The molecule has 1 aliphatic rings. The second-order valence-corrected chi connectivity index (χ2v) is 6.64. The van der Waals surface area contributed by atoms with Crippen LogP contribution in [0.15, 0.2) is 47.5 Å². The molecule has 5 rings (SSSR count). The highest BCUT2D eigenvalue weighted by Gasteiger charge is 2.19. The molecule has 0 spiro atoms. The average molecular weight is 365 g/mol. The van der Waals surface area contributed by atoms with Gasteiger partial charge in [0.2, 0.25) is 0 Å². The second-order valence-electron chi connectivity index (χ2n) is 6.64. The molecule has 0 amide bonds. The number of hydrogen-bond donors (Lipinski definition) is 0. The fourth-order valence-electron chi connectivity index (χ4n) is 3.51. The first-order chi connectivity index (χ1) is 13.2. The van der Waals surface area contributed by atoms with E-state index >= 15 is 0 Å². The van der Waals surface area contributed by atoms with Gasteiger partial charge in [0.25, 0.3) is 5.56 Å². The summed E-state index contributed by atoms with van der Waals surface area (Å²) in [6, 6.07) is 7.92. The molecule has 1 unspecified atom stereocenters. The summed E-state index contributed by atoms with van der Waals surface area (Å²) in [4.78, 5) is 12.8. The van der Waals surface area contributed by atoms with Crippen LogP contribution in [0.4, 0.5) is 4.39 Å². The largest absolute Gasteiger partial charge is 0.376 e. The van der Waals surface area contributed by atoms with Gasteiger partial charge in [-0.3, -0.25) is 4.79 Å². The number of rotatable bonds is 3. The third-order valence-electron chi connectivity index (χ3n) is 4.91. The normalized spacial score (nSPS) is 17.1. The first kappa shape index (κ1) is 16.1. The van der Waals surface area contributed by atoms with E-state index in [1.165, 1.54) is 12.1 Å². The summed E-state index contributed by atoms with van der Waals surface area (Å²) >= 11 is 0. The number of hydrogen-bond acceptors (Lipinski definition) is 5. The van der Waals surface area contributed by atoms with Crippen LogP contribution in [0.2, 0.25) is 0 Å². The van der Waals surface area contributed by atoms with Gasteiger partial charge in [-0.15, -0.1) is 10.2 Å².